The van der Waals surface area contributed by atoms with Gasteiger partial charge in [-0.3, -0.25) is 4.98 Å². The fourth-order valence-electron chi connectivity index (χ4n) is 2.25. The number of nitriles is 1. The Bertz CT molecular complexity index is 805. The van der Waals surface area contributed by atoms with Gasteiger partial charge in [0.05, 0.1) is 30.4 Å². The van der Waals surface area contributed by atoms with Crippen LogP contribution in [0.4, 0.5) is 0 Å². The monoisotopic (exact) mass is 274 g/mol. The Morgan fingerprint density at radius 1 is 1.00 bits per heavy atom. The summed E-state index contributed by atoms with van der Waals surface area (Å²) in [6, 6.07) is 19.7. The van der Waals surface area contributed by atoms with Crippen molar-refractivity contribution in [2.45, 2.75) is 13.2 Å². The van der Waals surface area contributed by atoms with Crippen molar-refractivity contribution in [3.05, 3.63) is 77.5 Å². The average Bonchev–Trinajstić information content (AvgIpc) is 2.55. The molecule has 0 saturated heterocycles. The van der Waals surface area contributed by atoms with Crippen LogP contribution in [-0.2, 0) is 18.0 Å². The largest absolute Gasteiger partial charge is 0.372 e. The first-order chi connectivity index (χ1) is 10.4. The van der Waals surface area contributed by atoms with E-state index in [0.29, 0.717) is 18.8 Å². The third-order valence-electron chi connectivity index (χ3n) is 3.33. The normalized spacial score (nSPS) is 10.4. The summed E-state index contributed by atoms with van der Waals surface area (Å²) in [6.07, 6.45) is 1.79. The Kier molecular flexibility index (Phi) is 3.90. The summed E-state index contributed by atoms with van der Waals surface area (Å²) in [5.41, 5.74) is 3.67. The molecule has 3 rings (SSSR count). The average molecular weight is 274 g/mol. The van der Waals surface area contributed by atoms with Crippen molar-refractivity contribution in [1.29, 1.82) is 5.26 Å². The van der Waals surface area contributed by atoms with Crippen molar-refractivity contribution in [2.24, 2.45) is 0 Å². The molecule has 21 heavy (non-hydrogen) atoms. The Balaban J connectivity index is 1.68. The van der Waals surface area contributed by atoms with Gasteiger partial charge in [0.1, 0.15) is 0 Å². The molecule has 0 atom stereocenters. The molecule has 3 heteroatoms. The van der Waals surface area contributed by atoms with Crippen LogP contribution in [0.1, 0.15) is 16.7 Å². The van der Waals surface area contributed by atoms with Crippen LogP contribution in [0.15, 0.2) is 60.8 Å². The highest BCUT2D eigenvalue weighted by Crippen LogP contribution is 2.15. The zero-order valence-corrected chi connectivity index (χ0v) is 11.5. The predicted molar refractivity (Wildman–Crippen MR) is 81.4 cm³/mol. The SMILES string of the molecule is N#Cc1ccccc1COCc1ccc2ncccc2c1. The molecule has 3 aromatic rings. The minimum absolute atomic E-state index is 0.439. The quantitative estimate of drug-likeness (QED) is 0.726. The maximum absolute atomic E-state index is 9.04. The van der Waals surface area contributed by atoms with Crippen molar-refractivity contribution in [3.8, 4) is 6.07 Å². The van der Waals surface area contributed by atoms with Crippen LogP contribution in [0.3, 0.4) is 0 Å². The molecular formula is C18H14N2O. The van der Waals surface area contributed by atoms with Crippen LogP contribution in [0.25, 0.3) is 10.9 Å². The number of nitrogens with zero attached hydrogens (tertiary/aromatic N) is 2. The van der Waals surface area contributed by atoms with Crippen LogP contribution >= 0.6 is 0 Å². The van der Waals surface area contributed by atoms with Gasteiger partial charge in [-0.1, -0.05) is 30.3 Å². The molecule has 0 unspecified atom stereocenters. The van der Waals surface area contributed by atoms with E-state index in [1.54, 1.807) is 12.3 Å². The molecule has 0 bridgehead atoms. The Morgan fingerprint density at radius 2 is 1.90 bits per heavy atom. The van der Waals surface area contributed by atoms with Gasteiger partial charge in [0.2, 0.25) is 0 Å². The van der Waals surface area contributed by atoms with Crippen LogP contribution in [0, 0.1) is 11.3 Å². The number of ether oxygens (including phenoxy) is 1. The number of fused-ring (bicyclic) bond motifs is 1. The molecule has 0 saturated carbocycles. The van der Waals surface area contributed by atoms with E-state index in [2.05, 4.69) is 17.1 Å². The summed E-state index contributed by atoms with van der Waals surface area (Å²) < 4.78 is 5.73. The van der Waals surface area contributed by atoms with E-state index < -0.39 is 0 Å². The minimum atomic E-state index is 0.439. The molecule has 0 amide bonds. The highest BCUT2D eigenvalue weighted by molar-refractivity contribution is 5.78. The fraction of sp³-hybridized carbons (Fsp3) is 0.111. The standard InChI is InChI=1S/C18H14N2O/c19-11-16-4-1-2-5-17(16)13-21-12-14-7-8-18-15(10-14)6-3-9-20-18/h1-10H,12-13H2. The van der Waals surface area contributed by atoms with Crippen molar-refractivity contribution in [2.75, 3.05) is 0 Å². The summed E-state index contributed by atoms with van der Waals surface area (Å²) in [6.45, 7) is 0.958. The maximum atomic E-state index is 9.04. The lowest BCUT2D eigenvalue weighted by atomic mass is 10.1. The first kappa shape index (κ1) is 13.3. The van der Waals surface area contributed by atoms with Gasteiger partial charge in [-0.15, -0.1) is 0 Å². The fourth-order valence-corrected chi connectivity index (χ4v) is 2.25. The minimum Gasteiger partial charge on any atom is -0.372 e. The zero-order chi connectivity index (χ0) is 14.5. The van der Waals surface area contributed by atoms with Crippen molar-refractivity contribution >= 4 is 10.9 Å². The van der Waals surface area contributed by atoms with Gasteiger partial charge in [-0.2, -0.15) is 5.26 Å². The number of pyridine rings is 1. The van der Waals surface area contributed by atoms with E-state index in [0.717, 1.165) is 22.0 Å². The van der Waals surface area contributed by atoms with Gasteiger partial charge >= 0.3 is 0 Å². The molecule has 1 aromatic heterocycles. The molecule has 0 N–H and O–H groups in total. The van der Waals surface area contributed by atoms with Crippen LogP contribution in [-0.4, -0.2) is 4.98 Å². The van der Waals surface area contributed by atoms with E-state index in [4.69, 9.17) is 10.00 Å². The maximum Gasteiger partial charge on any atom is 0.0995 e. The van der Waals surface area contributed by atoms with Crippen molar-refractivity contribution in [1.82, 2.24) is 4.98 Å². The molecule has 0 fully saturated rings. The van der Waals surface area contributed by atoms with Crippen molar-refractivity contribution < 1.29 is 4.74 Å². The molecule has 0 aliphatic heterocycles. The van der Waals surface area contributed by atoms with Gasteiger partial charge in [-0.05, 0) is 35.4 Å². The first-order valence-corrected chi connectivity index (χ1v) is 6.76. The topological polar surface area (TPSA) is 45.9 Å². The smallest absolute Gasteiger partial charge is 0.0995 e. The summed E-state index contributed by atoms with van der Waals surface area (Å²) in [5, 5.41) is 10.1. The molecule has 1 heterocycles. The number of rotatable bonds is 4. The van der Waals surface area contributed by atoms with Gasteiger partial charge in [0, 0.05) is 11.6 Å². The number of aromatic nitrogens is 1. The van der Waals surface area contributed by atoms with E-state index in [-0.39, 0.29) is 0 Å². The van der Waals surface area contributed by atoms with E-state index in [1.807, 2.05) is 42.5 Å². The Morgan fingerprint density at radius 3 is 2.81 bits per heavy atom. The summed E-state index contributed by atoms with van der Waals surface area (Å²) in [7, 11) is 0. The summed E-state index contributed by atoms with van der Waals surface area (Å²) >= 11 is 0. The molecule has 102 valence electrons. The molecule has 0 aliphatic rings. The summed E-state index contributed by atoms with van der Waals surface area (Å²) in [5.74, 6) is 0. The van der Waals surface area contributed by atoms with Gasteiger partial charge < -0.3 is 4.74 Å². The molecular weight excluding hydrogens is 260 g/mol. The zero-order valence-electron chi connectivity index (χ0n) is 11.5. The van der Waals surface area contributed by atoms with Crippen LogP contribution < -0.4 is 0 Å². The molecule has 0 aliphatic carbocycles. The predicted octanol–water partition coefficient (Wildman–Crippen LogP) is 3.82. The summed E-state index contributed by atoms with van der Waals surface area (Å²) in [4.78, 5) is 4.30. The highest BCUT2D eigenvalue weighted by Gasteiger charge is 2.02. The number of hydrogen-bond acceptors (Lipinski definition) is 3. The molecule has 2 aromatic carbocycles. The van der Waals surface area contributed by atoms with E-state index >= 15 is 0 Å². The molecule has 0 radical (unpaired) electrons. The third kappa shape index (κ3) is 3.07. The lowest BCUT2D eigenvalue weighted by Crippen LogP contribution is -1.96. The molecule has 3 nitrogen and oxygen atoms in total. The Hall–Kier alpha value is -2.70. The number of benzene rings is 2. The first-order valence-electron chi connectivity index (χ1n) is 6.76. The van der Waals surface area contributed by atoms with Gasteiger partial charge in [0.15, 0.2) is 0 Å². The lowest BCUT2D eigenvalue weighted by Gasteiger charge is -2.07. The third-order valence-corrected chi connectivity index (χ3v) is 3.33. The van der Waals surface area contributed by atoms with E-state index in [1.165, 1.54) is 0 Å². The van der Waals surface area contributed by atoms with Gasteiger partial charge in [0.25, 0.3) is 0 Å². The Labute approximate surface area is 123 Å². The second kappa shape index (κ2) is 6.17. The number of hydrogen-bond donors (Lipinski definition) is 0. The second-order valence-corrected chi connectivity index (χ2v) is 4.79. The van der Waals surface area contributed by atoms with Crippen LogP contribution in [0.5, 0.6) is 0 Å². The van der Waals surface area contributed by atoms with E-state index in [9.17, 15) is 0 Å². The van der Waals surface area contributed by atoms with Crippen molar-refractivity contribution in [3.63, 3.8) is 0 Å². The molecule has 0 spiro atoms. The highest BCUT2D eigenvalue weighted by atomic mass is 16.5. The van der Waals surface area contributed by atoms with Gasteiger partial charge in [-0.25, -0.2) is 0 Å². The van der Waals surface area contributed by atoms with Crippen LogP contribution in [0.2, 0.25) is 0 Å². The second-order valence-electron chi connectivity index (χ2n) is 4.79. The lowest BCUT2D eigenvalue weighted by molar-refractivity contribution is 0.107.